The molecule has 1 atom stereocenters. The maximum Gasteiger partial charge on any atom is 0.325 e. The van der Waals surface area contributed by atoms with Crippen LogP contribution in [0, 0.1) is 0 Å². The van der Waals surface area contributed by atoms with E-state index in [-0.39, 0.29) is 6.01 Å². The minimum absolute atomic E-state index is 0.193. The van der Waals surface area contributed by atoms with Crippen LogP contribution in [0.3, 0.4) is 0 Å². The van der Waals surface area contributed by atoms with Crippen LogP contribution in [-0.2, 0) is 4.79 Å². The Morgan fingerprint density at radius 1 is 1.28 bits per heavy atom. The molecule has 0 amide bonds. The van der Waals surface area contributed by atoms with Crippen molar-refractivity contribution in [2.75, 3.05) is 0 Å². The molecule has 18 heavy (non-hydrogen) atoms. The van der Waals surface area contributed by atoms with Gasteiger partial charge in [0.25, 0.3) is 0 Å². The van der Waals surface area contributed by atoms with Crippen LogP contribution in [0.1, 0.15) is 11.6 Å². The molecule has 6 nitrogen and oxygen atoms in total. The number of ether oxygens (including phenoxy) is 1. The van der Waals surface area contributed by atoms with Crippen molar-refractivity contribution in [1.29, 1.82) is 0 Å². The van der Waals surface area contributed by atoms with Crippen molar-refractivity contribution in [2.24, 2.45) is 5.73 Å². The second-order valence-corrected chi connectivity index (χ2v) is 3.52. The molecule has 2 aromatic rings. The number of carboxylic acids is 1. The summed E-state index contributed by atoms with van der Waals surface area (Å²) in [5.74, 6) is -0.654. The van der Waals surface area contributed by atoms with E-state index < -0.39 is 12.0 Å². The number of nitrogens with two attached hydrogens (primary N) is 1. The van der Waals surface area contributed by atoms with Crippen molar-refractivity contribution < 1.29 is 14.6 Å². The smallest absolute Gasteiger partial charge is 0.325 e. The minimum atomic E-state index is -1.09. The molecule has 0 aliphatic rings. The van der Waals surface area contributed by atoms with Crippen molar-refractivity contribution in [3.05, 3.63) is 48.3 Å². The molecule has 0 saturated heterocycles. The van der Waals surface area contributed by atoms with Gasteiger partial charge in [-0.3, -0.25) is 4.79 Å². The second kappa shape index (κ2) is 5.24. The maximum atomic E-state index is 10.8. The fraction of sp³-hybridized carbons (Fsp3) is 0.0833. The first kappa shape index (κ1) is 12.0. The van der Waals surface area contributed by atoms with E-state index in [1.54, 1.807) is 42.7 Å². The highest BCUT2D eigenvalue weighted by Gasteiger charge is 2.14. The van der Waals surface area contributed by atoms with Gasteiger partial charge in [-0.05, 0) is 23.8 Å². The predicted octanol–water partition coefficient (Wildman–Crippen LogP) is 1.35. The number of benzene rings is 1. The van der Waals surface area contributed by atoms with E-state index >= 15 is 0 Å². The summed E-state index contributed by atoms with van der Waals surface area (Å²) in [6.07, 6.45) is 3.10. The lowest BCUT2D eigenvalue weighted by molar-refractivity contribution is -0.138. The molecule has 0 unspecified atom stereocenters. The number of hydrogen-bond donors (Lipinski definition) is 2. The summed E-state index contributed by atoms with van der Waals surface area (Å²) in [6, 6.07) is 7.30. The maximum absolute atomic E-state index is 10.8. The number of rotatable bonds is 4. The van der Waals surface area contributed by atoms with Crippen LogP contribution in [0.15, 0.2) is 42.7 Å². The SMILES string of the molecule is N[C@H](C(=O)O)c1cccc(Oc2ncccn2)c1. The van der Waals surface area contributed by atoms with Gasteiger partial charge in [-0.25, -0.2) is 9.97 Å². The Balaban J connectivity index is 2.20. The van der Waals surface area contributed by atoms with Gasteiger partial charge in [-0.1, -0.05) is 12.1 Å². The molecule has 0 aliphatic heterocycles. The second-order valence-electron chi connectivity index (χ2n) is 3.52. The van der Waals surface area contributed by atoms with Crippen LogP contribution < -0.4 is 10.5 Å². The van der Waals surface area contributed by atoms with E-state index in [4.69, 9.17) is 15.6 Å². The Bertz CT molecular complexity index is 545. The van der Waals surface area contributed by atoms with E-state index in [1.165, 1.54) is 0 Å². The highest BCUT2D eigenvalue weighted by Crippen LogP contribution is 2.21. The van der Waals surface area contributed by atoms with Gasteiger partial charge in [0.15, 0.2) is 0 Å². The summed E-state index contributed by atoms with van der Waals surface area (Å²) in [7, 11) is 0. The van der Waals surface area contributed by atoms with Gasteiger partial charge < -0.3 is 15.6 Å². The zero-order valence-corrected chi connectivity index (χ0v) is 9.35. The summed E-state index contributed by atoms with van der Waals surface area (Å²) in [5, 5.41) is 8.83. The Kier molecular flexibility index (Phi) is 3.49. The number of aliphatic carboxylic acids is 1. The van der Waals surface area contributed by atoms with E-state index in [1.807, 2.05) is 0 Å². The fourth-order valence-electron chi connectivity index (χ4n) is 1.36. The molecule has 0 aliphatic carbocycles. The van der Waals surface area contributed by atoms with Crippen molar-refractivity contribution in [3.8, 4) is 11.8 Å². The highest BCUT2D eigenvalue weighted by molar-refractivity contribution is 5.75. The Labute approximate surface area is 103 Å². The standard InChI is InChI=1S/C12H11N3O3/c13-10(11(16)17)8-3-1-4-9(7-8)18-12-14-5-2-6-15-12/h1-7,10H,13H2,(H,16,17)/t10-/m0/s1. The first-order valence-electron chi connectivity index (χ1n) is 5.20. The number of carboxylic acid groups (broad SMARTS) is 1. The number of hydrogen-bond acceptors (Lipinski definition) is 5. The van der Waals surface area contributed by atoms with Gasteiger partial charge in [-0.2, -0.15) is 0 Å². The van der Waals surface area contributed by atoms with Crippen LogP contribution in [0.25, 0.3) is 0 Å². The van der Waals surface area contributed by atoms with Gasteiger partial charge in [0.2, 0.25) is 0 Å². The minimum Gasteiger partial charge on any atom is -0.480 e. The normalized spacial score (nSPS) is 11.8. The number of aromatic nitrogens is 2. The van der Waals surface area contributed by atoms with Crippen LogP contribution in [0.4, 0.5) is 0 Å². The van der Waals surface area contributed by atoms with Crippen LogP contribution in [0.2, 0.25) is 0 Å². The third-order valence-corrected chi connectivity index (χ3v) is 2.23. The Morgan fingerprint density at radius 3 is 2.67 bits per heavy atom. The molecule has 0 radical (unpaired) electrons. The van der Waals surface area contributed by atoms with E-state index in [0.717, 1.165) is 0 Å². The molecule has 6 heteroatoms. The zero-order chi connectivity index (χ0) is 13.0. The van der Waals surface area contributed by atoms with Crippen molar-refractivity contribution in [2.45, 2.75) is 6.04 Å². The van der Waals surface area contributed by atoms with Gasteiger partial charge in [0, 0.05) is 12.4 Å². The predicted molar refractivity (Wildman–Crippen MR) is 63.1 cm³/mol. The average Bonchev–Trinajstić information content (AvgIpc) is 2.39. The van der Waals surface area contributed by atoms with Crippen LogP contribution in [0.5, 0.6) is 11.8 Å². The molecule has 1 aromatic carbocycles. The molecule has 1 aromatic heterocycles. The summed E-state index contributed by atoms with van der Waals surface area (Å²) < 4.78 is 5.38. The summed E-state index contributed by atoms with van der Waals surface area (Å²) in [5.41, 5.74) is 5.97. The van der Waals surface area contributed by atoms with E-state index in [0.29, 0.717) is 11.3 Å². The lowest BCUT2D eigenvalue weighted by atomic mass is 10.1. The molecule has 0 fully saturated rings. The number of carbonyl (C=O) groups is 1. The highest BCUT2D eigenvalue weighted by atomic mass is 16.5. The first-order valence-corrected chi connectivity index (χ1v) is 5.20. The quantitative estimate of drug-likeness (QED) is 0.843. The van der Waals surface area contributed by atoms with Crippen molar-refractivity contribution in [1.82, 2.24) is 9.97 Å². The molecule has 92 valence electrons. The Morgan fingerprint density at radius 2 is 2.00 bits per heavy atom. The van der Waals surface area contributed by atoms with Crippen LogP contribution in [-0.4, -0.2) is 21.0 Å². The summed E-state index contributed by atoms with van der Waals surface area (Å²) in [6.45, 7) is 0. The topological polar surface area (TPSA) is 98.3 Å². The van der Waals surface area contributed by atoms with Crippen LogP contribution >= 0.6 is 0 Å². The molecule has 0 spiro atoms. The molecule has 0 bridgehead atoms. The monoisotopic (exact) mass is 245 g/mol. The Hall–Kier alpha value is -2.47. The molecule has 3 N–H and O–H groups in total. The molecular weight excluding hydrogens is 234 g/mol. The summed E-state index contributed by atoms with van der Waals surface area (Å²) in [4.78, 5) is 18.6. The van der Waals surface area contributed by atoms with E-state index in [9.17, 15) is 4.79 Å². The molecule has 1 heterocycles. The molecular formula is C12H11N3O3. The van der Waals surface area contributed by atoms with E-state index in [2.05, 4.69) is 9.97 Å². The molecule has 0 saturated carbocycles. The lowest BCUT2D eigenvalue weighted by Crippen LogP contribution is -2.20. The zero-order valence-electron chi connectivity index (χ0n) is 9.35. The number of nitrogens with zero attached hydrogens (tertiary/aromatic N) is 2. The van der Waals surface area contributed by atoms with Crippen molar-refractivity contribution >= 4 is 5.97 Å². The van der Waals surface area contributed by atoms with Gasteiger partial charge in [0.1, 0.15) is 11.8 Å². The fourth-order valence-corrected chi connectivity index (χ4v) is 1.36. The van der Waals surface area contributed by atoms with Crippen molar-refractivity contribution in [3.63, 3.8) is 0 Å². The average molecular weight is 245 g/mol. The largest absolute Gasteiger partial charge is 0.480 e. The first-order chi connectivity index (χ1) is 8.66. The molecule has 2 rings (SSSR count). The third kappa shape index (κ3) is 2.80. The van der Waals surface area contributed by atoms with Gasteiger partial charge >= 0.3 is 12.0 Å². The third-order valence-electron chi connectivity index (χ3n) is 2.23. The van der Waals surface area contributed by atoms with Gasteiger partial charge in [0.05, 0.1) is 0 Å². The lowest BCUT2D eigenvalue weighted by Gasteiger charge is -2.08. The summed E-state index contributed by atoms with van der Waals surface area (Å²) >= 11 is 0. The van der Waals surface area contributed by atoms with Gasteiger partial charge in [-0.15, -0.1) is 0 Å².